The Bertz CT molecular complexity index is 360. The standard InChI is InChI=1S/C14H26N4O/c1-3-8-15-12(6-7-13-5-4-9-19-13)10-14-16-11-17-18(14)2/h11-13,15H,3-10H2,1-2H3. The molecule has 2 atom stereocenters. The van der Waals surface area contributed by atoms with E-state index in [0.29, 0.717) is 12.1 Å². The Balaban J connectivity index is 1.82. The van der Waals surface area contributed by atoms with Gasteiger partial charge in [-0.2, -0.15) is 5.10 Å². The van der Waals surface area contributed by atoms with Crippen molar-refractivity contribution in [1.82, 2.24) is 20.1 Å². The van der Waals surface area contributed by atoms with Crippen molar-refractivity contribution >= 4 is 0 Å². The van der Waals surface area contributed by atoms with Crippen molar-refractivity contribution in [3.8, 4) is 0 Å². The number of rotatable bonds is 8. The van der Waals surface area contributed by atoms with E-state index < -0.39 is 0 Å². The minimum Gasteiger partial charge on any atom is -0.378 e. The quantitative estimate of drug-likeness (QED) is 0.778. The molecule has 1 N–H and O–H groups in total. The van der Waals surface area contributed by atoms with Crippen molar-refractivity contribution in [3.63, 3.8) is 0 Å². The minimum absolute atomic E-state index is 0.477. The summed E-state index contributed by atoms with van der Waals surface area (Å²) in [6.45, 7) is 4.21. The summed E-state index contributed by atoms with van der Waals surface area (Å²) < 4.78 is 7.57. The first-order valence-corrected chi connectivity index (χ1v) is 7.47. The average molecular weight is 266 g/mol. The number of ether oxygens (including phenoxy) is 1. The number of hydrogen-bond donors (Lipinski definition) is 1. The first kappa shape index (κ1) is 14.5. The molecule has 1 aliphatic rings. The second kappa shape index (κ2) is 7.60. The van der Waals surface area contributed by atoms with Crippen LogP contribution in [0.5, 0.6) is 0 Å². The van der Waals surface area contributed by atoms with Gasteiger partial charge < -0.3 is 10.1 Å². The van der Waals surface area contributed by atoms with Crippen LogP contribution in [0, 0.1) is 0 Å². The summed E-state index contributed by atoms with van der Waals surface area (Å²) in [4.78, 5) is 4.32. The highest BCUT2D eigenvalue weighted by Crippen LogP contribution is 2.18. The van der Waals surface area contributed by atoms with Crippen LogP contribution >= 0.6 is 0 Å². The molecule has 1 aliphatic heterocycles. The van der Waals surface area contributed by atoms with Crippen LogP contribution in [-0.4, -0.2) is 40.1 Å². The molecule has 1 aromatic rings. The highest BCUT2D eigenvalue weighted by atomic mass is 16.5. The predicted molar refractivity (Wildman–Crippen MR) is 75.0 cm³/mol. The fraction of sp³-hybridized carbons (Fsp3) is 0.857. The van der Waals surface area contributed by atoms with E-state index in [-0.39, 0.29) is 0 Å². The lowest BCUT2D eigenvalue weighted by atomic mass is 10.0. The molecular formula is C14H26N4O. The summed E-state index contributed by atoms with van der Waals surface area (Å²) in [5.74, 6) is 1.06. The highest BCUT2D eigenvalue weighted by Gasteiger charge is 2.19. The average Bonchev–Trinajstić information content (AvgIpc) is 3.05. The fourth-order valence-electron chi connectivity index (χ4n) is 2.61. The van der Waals surface area contributed by atoms with Gasteiger partial charge in [0.15, 0.2) is 0 Å². The molecule has 0 saturated carbocycles. The van der Waals surface area contributed by atoms with Gasteiger partial charge in [-0.3, -0.25) is 4.68 Å². The van der Waals surface area contributed by atoms with E-state index in [4.69, 9.17) is 4.74 Å². The monoisotopic (exact) mass is 266 g/mol. The largest absolute Gasteiger partial charge is 0.378 e. The minimum atomic E-state index is 0.477. The molecule has 1 fully saturated rings. The molecule has 2 heterocycles. The number of aryl methyl sites for hydroxylation is 1. The second-order valence-corrected chi connectivity index (χ2v) is 5.37. The molecule has 1 aromatic heterocycles. The summed E-state index contributed by atoms with van der Waals surface area (Å²) >= 11 is 0. The zero-order valence-electron chi connectivity index (χ0n) is 12.1. The van der Waals surface area contributed by atoms with Crippen molar-refractivity contribution in [2.24, 2.45) is 7.05 Å². The summed E-state index contributed by atoms with van der Waals surface area (Å²) in [6, 6.07) is 0.479. The summed E-state index contributed by atoms with van der Waals surface area (Å²) in [7, 11) is 1.96. The third-order valence-corrected chi connectivity index (χ3v) is 3.78. The van der Waals surface area contributed by atoms with E-state index in [2.05, 4.69) is 22.3 Å². The topological polar surface area (TPSA) is 52.0 Å². The number of hydrogen-bond acceptors (Lipinski definition) is 4. The van der Waals surface area contributed by atoms with E-state index in [9.17, 15) is 0 Å². The Morgan fingerprint density at radius 2 is 2.47 bits per heavy atom. The number of nitrogens with zero attached hydrogens (tertiary/aromatic N) is 3. The molecule has 19 heavy (non-hydrogen) atoms. The van der Waals surface area contributed by atoms with Crippen LogP contribution in [0.15, 0.2) is 6.33 Å². The fourth-order valence-corrected chi connectivity index (χ4v) is 2.61. The van der Waals surface area contributed by atoms with Gasteiger partial charge in [0.1, 0.15) is 12.2 Å². The SMILES string of the molecule is CCCNC(CCC1CCCO1)Cc1ncnn1C. The smallest absolute Gasteiger partial charge is 0.138 e. The van der Waals surface area contributed by atoms with Crippen LogP contribution < -0.4 is 5.32 Å². The Morgan fingerprint density at radius 3 is 3.11 bits per heavy atom. The zero-order valence-corrected chi connectivity index (χ0v) is 12.1. The second-order valence-electron chi connectivity index (χ2n) is 5.37. The van der Waals surface area contributed by atoms with Gasteiger partial charge in [-0.05, 0) is 38.6 Å². The van der Waals surface area contributed by atoms with E-state index in [0.717, 1.165) is 44.7 Å². The molecule has 1 saturated heterocycles. The maximum absolute atomic E-state index is 5.71. The van der Waals surface area contributed by atoms with Gasteiger partial charge in [0, 0.05) is 26.1 Å². The predicted octanol–water partition coefficient (Wildman–Crippen LogP) is 1.68. The highest BCUT2D eigenvalue weighted by molar-refractivity contribution is 4.89. The molecular weight excluding hydrogens is 240 g/mol. The van der Waals surface area contributed by atoms with Crippen LogP contribution in [0.3, 0.4) is 0 Å². The third-order valence-electron chi connectivity index (χ3n) is 3.78. The molecule has 0 amide bonds. The lowest BCUT2D eigenvalue weighted by molar-refractivity contribution is 0.0994. The molecule has 108 valence electrons. The lowest BCUT2D eigenvalue weighted by Crippen LogP contribution is -2.33. The van der Waals surface area contributed by atoms with E-state index >= 15 is 0 Å². The van der Waals surface area contributed by atoms with Crippen LogP contribution in [-0.2, 0) is 18.2 Å². The Hall–Kier alpha value is -0.940. The van der Waals surface area contributed by atoms with Crippen molar-refractivity contribution in [1.29, 1.82) is 0 Å². The number of aromatic nitrogens is 3. The molecule has 0 bridgehead atoms. The first-order chi connectivity index (χ1) is 9.29. The van der Waals surface area contributed by atoms with Crippen molar-refractivity contribution in [2.45, 2.75) is 57.6 Å². The Labute approximate surface area is 115 Å². The maximum atomic E-state index is 5.71. The molecule has 0 radical (unpaired) electrons. The molecule has 5 heteroatoms. The van der Waals surface area contributed by atoms with Gasteiger partial charge in [0.25, 0.3) is 0 Å². The van der Waals surface area contributed by atoms with E-state index in [1.165, 1.54) is 12.8 Å². The summed E-state index contributed by atoms with van der Waals surface area (Å²) in [6.07, 6.45) is 8.97. The molecule has 0 aliphatic carbocycles. The van der Waals surface area contributed by atoms with Crippen molar-refractivity contribution < 1.29 is 4.74 Å². The first-order valence-electron chi connectivity index (χ1n) is 7.47. The molecule has 0 aromatic carbocycles. The van der Waals surface area contributed by atoms with Gasteiger partial charge >= 0.3 is 0 Å². The van der Waals surface area contributed by atoms with Gasteiger partial charge in [-0.15, -0.1) is 0 Å². The number of nitrogens with one attached hydrogen (secondary N) is 1. The Morgan fingerprint density at radius 1 is 1.58 bits per heavy atom. The van der Waals surface area contributed by atoms with Crippen LogP contribution in [0.1, 0.15) is 44.9 Å². The summed E-state index contributed by atoms with van der Waals surface area (Å²) in [5.41, 5.74) is 0. The van der Waals surface area contributed by atoms with E-state index in [1.807, 2.05) is 11.7 Å². The van der Waals surface area contributed by atoms with Gasteiger partial charge in [-0.1, -0.05) is 6.92 Å². The van der Waals surface area contributed by atoms with Crippen molar-refractivity contribution in [2.75, 3.05) is 13.2 Å². The maximum Gasteiger partial charge on any atom is 0.138 e. The van der Waals surface area contributed by atoms with Gasteiger partial charge in [0.05, 0.1) is 6.10 Å². The molecule has 2 rings (SSSR count). The van der Waals surface area contributed by atoms with Gasteiger partial charge in [0.2, 0.25) is 0 Å². The normalized spacial score (nSPS) is 20.8. The van der Waals surface area contributed by atoms with Crippen LogP contribution in [0.2, 0.25) is 0 Å². The Kier molecular flexibility index (Phi) is 5.79. The molecule has 5 nitrogen and oxygen atoms in total. The summed E-state index contributed by atoms with van der Waals surface area (Å²) in [5, 5.41) is 7.76. The molecule has 2 unspecified atom stereocenters. The third kappa shape index (κ3) is 4.58. The lowest BCUT2D eigenvalue weighted by Gasteiger charge is -2.19. The van der Waals surface area contributed by atoms with Gasteiger partial charge in [-0.25, -0.2) is 4.98 Å². The molecule has 0 spiro atoms. The zero-order chi connectivity index (χ0) is 13.5. The van der Waals surface area contributed by atoms with E-state index in [1.54, 1.807) is 6.33 Å². The van der Waals surface area contributed by atoms with Crippen molar-refractivity contribution in [3.05, 3.63) is 12.2 Å². The van der Waals surface area contributed by atoms with Crippen LogP contribution in [0.25, 0.3) is 0 Å². The van der Waals surface area contributed by atoms with Crippen LogP contribution in [0.4, 0.5) is 0 Å².